The molecule has 0 spiro atoms. The van der Waals surface area contributed by atoms with Gasteiger partial charge in [0.25, 0.3) is 0 Å². The summed E-state index contributed by atoms with van der Waals surface area (Å²) in [4.78, 5) is 35.4. The van der Waals surface area contributed by atoms with E-state index in [4.69, 9.17) is 4.74 Å². The summed E-state index contributed by atoms with van der Waals surface area (Å²) >= 11 is 0. The normalized spacial score (nSPS) is 13.8. The van der Waals surface area contributed by atoms with E-state index in [-0.39, 0.29) is 55.0 Å². The predicted octanol–water partition coefficient (Wildman–Crippen LogP) is 5.13. The van der Waals surface area contributed by atoms with Crippen LogP contribution in [-0.4, -0.2) is 82.7 Å². The fourth-order valence-corrected chi connectivity index (χ4v) is 4.39. The third-order valence-electron chi connectivity index (χ3n) is 6.42. The van der Waals surface area contributed by atoms with Gasteiger partial charge in [0.2, 0.25) is 5.95 Å². The van der Waals surface area contributed by atoms with Crippen LogP contribution in [0.15, 0.2) is 54.7 Å². The quantitative estimate of drug-likeness (QED) is 0.371. The van der Waals surface area contributed by atoms with Crippen LogP contribution < -0.4 is 10.2 Å². The van der Waals surface area contributed by atoms with Crippen LogP contribution >= 0.6 is 0 Å². The Labute approximate surface area is 254 Å². The molecule has 2 heterocycles. The summed E-state index contributed by atoms with van der Waals surface area (Å²) in [5.74, 6) is -1.09. The van der Waals surface area contributed by atoms with Crippen molar-refractivity contribution in [1.82, 2.24) is 14.9 Å². The summed E-state index contributed by atoms with van der Waals surface area (Å²) in [6.07, 6.45) is -4.08. The van der Waals surface area contributed by atoms with Crippen LogP contribution in [0.5, 0.6) is 0 Å². The number of rotatable bonds is 7. The Morgan fingerprint density at radius 1 is 1.00 bits per heavy atom. The Bertz CT molecular complexity index is 1390. The zero-order chi connectivity index (χ0) is 29.8. The molecule has 1 saturated heterocycles. The first-order chi connectivity index (χ1) is 19.3. The van der Waals surface area contributed by atoms with Gasteiger partial charge in [0.05, 0.1) is 16.8 Å². The fourth-order valence-electron chi connectivity index (χ4n) is 4.39. The molecule has 0 atom stereocenters. The fraction of sp³-hybridized carbons (Fsp3) is 0.379. The molecular formula is C29H33F3LiN5O4. The van der Waals surface area contributed by atoms with Gasteiger partial charge < -0.3 is 25.0 Å². The number of aromatic carboxylic acids is 1. The number of piperazine rings is 1. The molecule has 0 bridgehead atoms. The third kappa shape index (κ3) is 8.87. The number of carboxylic acids is 1. The van der Waals surface area contributed by atoms with Gasteiger partial charge in [0.15, 0.2) is 0 Å². The molecule has 1 fully saturated rings. The minimum atomic E-state index is -4.63. The van der Waals surface area contributed by atoms with E-state index in [1.807, 2.05) is 32.9 Å². The van der Waals surface area contributed by atoms with E-state index in [1.165, 1.54) is 12.1 Å². The van der Waals surface area contributed by atoms with Gasteiger partial charge in [0.1, 0.15) is 5.60 Å². The number of alkyl halides is 3. The number of anilines is 3. The van der Waals surface area contributed by atoms with Gasteiger partial charge in [0, 0.05) is 43.8 Å². The van der Waals surface area contributed by atoms with Gasteiger partial charge >= 0.3 is 37.1 Å². The second-order valence-corrected chi connectivity index (χ2v) is 10.7. The van der Waals surface area contributed by atoms with Gasteiger partial charge in [-0.1, -0.05) is 12.1 Å². The number of carbonyl (C=O) groups excluding carboxylic acids is 1. The summed E-state index contributed by atoms with van der Waals surface area (Å²) in [5, 5.41) is 12.1. The zero-order valence-electron chi connectivity index (χ0n) is 23.0. The Kier molecular flexibility index (Phi) is 10.5. The Hall–Kier alpha value is -3.75. The van der Waals surface area contributed by atoms with Crippen molar-refractivity contribution >= 4 is 48.2 Å². The first-order valence-electron chi connectivity index (χ1n) is 13.1. The minimum absolute atomic E-state index is 0. The van der Waals surface area contributed by atoms with Gasteiger partial charge in [-0.05, 0) is 75.6 Å². The number of aromatic nitrogens is 2. The third-order valence-corrected chi connectivity index (χ3v) is 6.42. The van der Waals surface area contributed by atoms with Crippen molar-refractivity contribution in [2.24, 2.45) is 0 Å². The van der Waals surface area contributed by atoms with Crippen LogP contribution in [0, 0.1) is 0 Å². The Morgan fingerprint density at radius 2 is 1.67 bits per heavy atom. The van der Waals surface area contributed by atoms with Crippen molar-refractivity contribution in [2.45, 2.75) is 45.4 Å². The monoisotopic (exact) mass is 579 g/mol. The molecule has 1 amide bonds. The molecule has 0 radical (unpaired) electrons. The van der Waals surface area contributed by atoms with Crippen LogP contribution in [0.3, 0.4) is 0 Å². The molecule has 1 aliphatic rings. The molecule has 0 saturated carbocycles. The SMILES string of the molecule is CC(C)(C)OC(=O)N1CCN(c2ccc(Nc3ncc(C(F)(F)F)c(CCc4cccc(C(=O)O)c4)n3)cc2)CC1.[LiH]. The van der Waals surface area contributed by atoms with Crippen molar-refractivity contribution in [2.75, 3.05) is 36.4 Å². The topological polar surface area (TPSA) is 108 Å². The van der Waals surface area contributed by atoms with Crippen LogP contribution in [0.25, 0.3) is 0 Å². The molecule has 3 aromatic rings. The number of benzene rings is 2. The number of aryl methyl sites for hydroxylation is 2. The maximum atomic E-state index is 13.7. The van der Waals surface area contributed by atoms with E-state index in [1.54, 1.807) is 29.2 Å². The predicted molar refractivity (Wildman–Crippen MR) is 155 cm³/mol. The zero-order valence-corrected chi connectivity index (χ0v) is 23.0. The van der Waals surface area contributed by atoms with E-state index in [0.717, 1.165) is 11.9 Å². The summed E-state index contributed by atoms with van der Waals surface area (Å²) in [6.45, 7) is 7.80. The van der Waals surface area contributed by atoms with Crippen LogP contribution in [0.4, 0.5) is 35.3 Å². The van der Waals surface area contributed by atoms with Crippen LogP contribution in [0.1, 0.15) is 48.0 Å². The molecule has 4 rings (SSSR count). The summed E-state index contributed by atoms with van der Waals surface area (Å²) in [7, 11) is 0. The van der Waals surface area contributed by atoms with E-state index >= 15 is 0 Å². The number of ether oxygens (including phenoxy) is 1. The molecule has 220 valence electrons. The van der Waals surface area contributed by atoms with E-state index in [2.05, 4.69) is 20.2 Å². The number of nitrogens with zero attached hydrogens (tertiary/aromatic N) is 4. The number of carbonyl (C=O) groups is 2. The van der Waals surface area contributed by atoms with Crippen molar-refractivity contribution < 1.29 is 32.6 Å². The molecule has 1 aromatic heterocycles. The Balaban J connectivity index is 0.00000484. The Morgan fingerprint density at radius 3 is 2.26 bits per heavy atom. The van der Waals surface area contributed by atoms with Crippen molar-refractivity contribution in [3.63, 3.8) is 0 Å². The maximum absolute atomic E-state index is 13.7. The first kappa shape index (κ1) is 32.8. The number of nitrogens with one attached hydrogen (secondary N) is 1. The number of amides is 1. The molecule has 0 unspecified atom stereocenters. The molecule has 13 heteroatoms. The molecule has 0 aliphatic carbocycles. The number of halogens is 3. The van der Waals surface area contributed by atoms with E-state index in [9.17, 15) is 27.9 Å². The molecule has 2 N–H and O–H groups in total. The number of hydrogen-bond donors (Lipinski definition) is 2. The molecule has 2 aromatic carbocycles. The summed E-state index contributed by atoms with van der Waals surface area (Å²) in [5.41, 5.74) is 0.528. The average molecular weight is 580 g/mol. The van der Waals surface area contributed by atoms with Crippen LogP contribution in [-0.2, 0) is 23.8 Å². The van der Waals surface area contributed by atoms with Crippen molar-refractivity contribution in [3.05, 3.63) is 77.1 Å². The molecular weight excluding hydrogens is 546 g/mol. The van der Waals surface area contributed by atoms with Gasteiger partial charge in [-0.2, -0.15) is 13.2 Å². The molecule has 9 nitrogen and oxygen atoms in total. The van der Waals surface area contributed by atoms with Crippen molar-refractivity contribution in [1.29, 1.82) is 0 Å². The first-order valence-corrected chi connectivity index (χ1v) is 13.1. The van der Waals surface area contributed by atoms with E-state index in [0.29, 0.717) is 37.4 Å². The second-order valence-electron chi connectivity index (χ2n) is 10.7. The molecule has 1 aliphatic heterocycles. The average Bonchev–Trinajstić information content (AvgIpc) is 2.91. The molecule has 42 heavy (non-hydrogen) atoms. The summed E-state index contributed by atoms with van der Waals surface area (Å²) in [6, 6.07) is 13.4. The standard InChI is InChI=1S/C29H32F3N5O4.Li.H/c1-28(2,3)41-27(40)37-15-13-36(14-16-37)22-10-8-21(9-11-22)34-26-33-18-23(29(30,31)32)24(35-26)12-7-19-5-4-6-20(17-19)25(38)39;;/h4-6,8-11,17-18H,7,12-16H2,1-3H3,(H,38,39)(H,33,34,35);;. The number of hydrogen-bond acceptors (Lipinski definition) is 7. The van der Waals surface area contributed by atoms with Crippen LogP contribution in [0.2, 0.25) is 0 Å². The van der Waals surface area contributed by atoms with Gasteiger partial charge in [-0.3, -0.25) is 0 Å². The van der Waals surface area contributed by atoms with Gasteiger partial charge in [-0.25, -0.2) is 19.6 Å². The number of carboxylic acid groups (broad SMARTS) is 1. The second kappa shape index (κ2) is 13.5. The van der Waals surface area contributed by atoms with Crippen molar-refractivity contribution in [3.8, 4) is 0 Å². The van der Waals surface area contributed by atoms with Gasteiger partial charge in [-0.15, -0.1) is 0 Å². The summed E-state index contributed by atoms with van der Waals surface area (Å²) < 4.78 is 46.4. The van der Waals surface area contributed by atoms with E-state index < -0.39 is 23.3 Å².